The highest BCUT2D eigenvalue weighted by Gasteiger charge is 2.16. The zero-order chi connectivity index (χ0) is 12.2. The fourth-order valence-corrected chi connectivity index (χ4v) is 3.12. The lowest BCUT2D eigenvalue weighted by Gasteiger charge is -2.10. The summed E-state index contributed by atoms with van der Waals surface area (Å²) in [6.45, 7) is 4.15. The summed E-state index contributed by atoms with van der Waals surface area (Å²) >= 11 is 5.74. The fourth-order valence-electron chi connectivity index (χ4n) is 1.41. The van der Waals surface area contributed by atoms with E-state index >= 15 is 0 Å². The molecule has 0 aromatic heterocycles. The largest absolute Gasteiger partial charge is 0.240 e. The summed E-state index contributed by atoms with van der Waals surface area (Å²) in [5.41, 5.74) is 1.57. The van der Waals surface area contributed by atoms with Crippen LogP contribution >= 0.6 is 11.6 Å². The highest BCUT2D eigenvalue weighted by molar-refractivity contribution is 7.89. The Morgan fingerprint density at radius 1 is 1.38 bits per heavy atom. The van der Waals surface area contributed by atoms with E-state index in [2.05, 4.69) is 4.72 Å². The van der Waals surface area contributed by atoms with E-state index in [1.54, 1.807) is 19.1 Å². The van der Waals surface area contributed by atoms with Gasteiger partial charge in [-0.2, -0.15) is 0 Å². The van der Waals surface area contributed by atoms with Crippen LogP contribution in [0.4, 0.5) is 0 Å². The second-order valence-electron chi connectivity index (χ2n) is 3.57. The van der Waals surface area contributed by atoms with Crippen molar-refractivity contribution in [1.29, 1.82) is 0 Å². The van der Waals surface area contributed by atoms with Crippen LogP contribution in [0.25, 0.3) is 0 Å². The Kier molecular flexibility index (Phi) is 4.77. The number of alkyl halides is 1. The first-order valence-corrected chi connectivity index (χ1v) is 7.18. The first-order chi connectivity index (χ1) is 7.53. The van der Waals surface area contributed by atoms with Crippen LogP contribution in [-0.4, -0.2) is 15.0 Å². The third-order valence-electron chi connectivity index (χ3n) is 2.37. The Morgan fingerprint density at radius 3 is 2.62 bits per heavy atom. The van der Waals surface area contributed by atoms with Gasteiger partial charge in [0.2, 0.25) is 10.0 Å². The van der Waals surface area contributed by atoms with Crippen LogP contribution in [0.1, 0.15) is 24.5 Å². The van der Waals surface area contributed by atoms with Crippen LogP contribution < -0.4 is 4.72 Å². The molecule has 1 rings (SSSR count). The molecule has 5 heteroatoms. The Bertz CT molecular complexity index is 457. The monoisotopic (exact) mass is 261 g/mol. The van der Waals surface area contributed by atoms with Gasteiger partial charge in [-0.3, -0.25) is 0 Å². The quantitative estimate of drug-likeness (QED) is 0.828. The van der Waals surface area contributed by atoms with Gasteiger partial charge in [-0.25, -0.2) is 13.1 Å². The van der Waals surface area contributed by atoms with E-state index in [1.165, 1.54) is 0 Å². The van der Waals surface area contributed by atoms with Crippen LogP contribution in [0.3, 0.4) is 0 Å². The molecule has 3 nitrogen and oxygen atoms in total. The molecule has 0 bridgehead atoms. The predicted molar refractivity (Wildman–Crippen MR) is 66.2 cm³/mol. The standard InChI is InChI=1S/C11H16ClNO2S/c1-3-7-13-16(14,15)11-6-4-5-10(8-12)9(11)2/h4-6,13H,3,7-8H2,1-2H3. The lowest BCUT2D eigenvalue weighted by molar-refractivity contribution is 0.580. The lowest BCUT2D eigenvalue weighted by atomic mass is 10.1. The van der Waals surface area contributed by atoms with Gasteiger partial charge in [0.15, 0.2) is 0 Å². The molecule has 0 aliphatic rings. The van der Waals surface area contributed by atoms with Crippen molar-refractivity contribution in [3.05, 3.63) is 29.3 Å². The zero-order valence-corrected chi connectivity index (χ0v) is 11.0. The van der Waals surface area contributed by atoms with Gasteiger partial charge in [0.05, 0.1) is 4.90 Å². The lowest BCUT2D eigenvalue weighted by Crippen LogP contribution is -2.25. The molecule has 0 heterocycles. The molecule has 0 radical (unpaired) electrons. The summed E-state index contributed by atoms with van der Waals surface area (Å²) in [4.78, 5) is 0.319. The van der Waals surface area contributed by atoms with Crippen molar-refractivity contribution in [2.24, 2.45) is 0 Å². The van der Waals surface area contributed by atoms with Crippen LogP contribution in [0.5, 0.6) is 0 Å². The zero-order valence-electron chi connectivity index (χ0n) is 9.46. The summed E-state index contributed by atoms with van der Waals surface area (Å²) in [5, 5.41) is 0. The third-order valence-corrected chi connectivity index (χ3v) is 4.27. The van der Waals surface area contributed by atoms with Gasteiger partial charge < -0.3 is 0 Å². The van der Waals surface area contributed by atoms with Crippen molar-refractivity contribution in [2.45, 2.75) is 31.0 Å². The van der Waals surface area contributed by atoms with Crippen molar-refractivity contribution in [3.63, 3.8) is 0 Å². The van der Waals surface area contributed by atoms with E-state index in [0.29, 0.717) is 17.3 Å². The molecule has 1 N–H and O–H groups in total. The van der Waals surface area contributed by atoms with Gasteiger partial charge >= 0.3 is 0 Å². The molecule has 1 aromatic carbocycles. The molecular weight excluding hydrogens is 246 g/mol. The summed E-state index contributed by atoms with van der Waals surface area (Å²) in [5.74, 6) is 0.322. The topological polar surface area (TPSA) is 46.2 Å². The molecule has 16 heavy (non-hydrogen) atoms. The fraction of sp³-hybridized carbons (Fsp3) is 0.455. The van der Waals surface area contributed by atoms with Crippen molar-refractivity contribution in [3.8, 4) is 0 Å². The molecule has 0 aliphatic heterocycles. The molecule has 1 aromatic rings. The number of hydrogen-bond acceptors (Lipinski definition) is 2. The third kappa shape index (κ3) is 2.97. The summed E-state index contributed by atoms with van der Waals surface area (Å²) in [7, 11) is -3.39. The second-order valence-corrected chi connectivity index (χ2v) is 5.57. The number of hydrogen-bond donors (Lipinski definition) is 1. The Hall–Kier alpha value is -0.580. The smallest absolute Gasteiger partial charge is 0.211 e. The van der Waals surface area contributed by atoms with Crippen molar-refractivity contribution >= 4 is 21.6 Å². The number of benzene rings is 1. The van der Waals surface area contributed by atoms with Gasteiger partial charge in [-0.05, 0) is 30.5 Å². The van der Waals surface area contributed by atoms with E-state index in [4.69, 9.17) is 11.6 Å². The van der Waals surface area contributed by atoms with Gasteiger partial charge in [0.1, 0.15) is 0 Å². The molecule has 0 fully saturated rings. The van der Waals surface area contributed by atoms with E-state index in [-0.39, 0.29) is 0 Å². The number of halogens is 1. The molecule has 0 amide bonds. The molecule has 0 saturated heterocycles. The SMILES string of the molecule is CCCNS(=O)(=O)c1cccc(CCl)c1C. The molecule has 0 atom stereocenters. The first-order valence-electron chi connectivity index (χ1n) is 5.17. The first kappa shape index (κ1) is 13.5. The molecule has 0 saturated carbocycles. The van der Waals surface area contributed by atoms with Crippen LogP contribution in [-0.2, 0) is 15.9 Å². The minimum atomic E-state index is -3.39. The average Bonchev–Trinajstić information content (AvgIpc) is 2.26. The Morgan fingerprint density at radius 2 is 2.06 bits per heavy atom. The second kappa shape index (κ2) is 5.66. The Labute approximate surface area is 102 Å². The summed E-state index contributed by atoms with van der Waals surface area (Å²) in [6.07, 6.45) is 0.771. The maximum absolute atomic E-state index is 11.9. The molecule has 0 spiro atoms. The molecule has 90 valence electrons. The number of nitrogens with one attached hydrogen (secondary N) is 1. The predicted octanol–water partition coefficient (Wildman–Crippen LogP) is 2.42. The minimum absolute atomic E-state index is 0.319. The van der Waals surface area contributed by atoms with Gasteiger partial charge in [-0.1, -0.05) is 19.1 Å². The summed E-state index contributed by atoms with van der Waals surface area (Å²) in [6, 6.07) is 5.15. The van der Waals surface area contributed by atoms with Crippen molar-refractivity contribution in [1.82, 2.24) is 4.72 Å². The number of sulfonamides is 1. The van der Waals surface area contributed by atoms with E-state index in [0.717, 1.165) is 17.5 Å². The van der Waals surface area contributed by atoms with Gasteiger partial charge in [0.25, 0.3) is 0 Å². The maximum Gasteiger partial charge on any atom is 0.240 e. The van der Waals surface area contributed by atoms with Crippen molar-refractivity contribution < 1.29 is 8.42 Å². The van der Waals surface area contributed by atoms with Crippen LogP contribution in [0.2, 0.25) is 0 Å². The van der Waals surface area contributed by atoms with E-state index in [1.807, 2.05) is 13.0 Å². The van der Waals surface area contributed by atoms with Gasteiger partial charge in [0, 0.05) is 12.4 Å². The van der Waals surface area contributed by atoms with E-state index in [9.17, 15) is 8.42 Å². The molecule has 0 unspecified atom stereocenters. The van der Waals surface area contributed by atoms with Crippen LogP contribution in [0, 0.1) is 6.92 Å². The molecular formula is C11H16ClNO2S. The maximum atomic E-state index is 11.9. The normalized spacial score (nSPS) is 11.7. The van der Waals surface area contributed by atoms with Crippen molar-refractivity contribution in [2.75, 3.05) is 6.54 Å². The minimum Gasteiger partial charge on any atom is -0.211 e. The Balaban J connectivity index is 3.13. The highest BCUT2D eigenvalue weighted by Crippen LogP contribution is 2.19. The van der Waals surface area contributed by atoms with Crippen LogP contribution in [0.15, 0.2) is 23.1 Å². The average molecular weight is 262 g/mol. The van der Waals surface area contributed by atoms with Gasteiger partial charge in [-0.15, -0.1) is 11.6 Å². The number of rotatable bonds is 5. The molecule has 0 aliphatic carbocycles. The highest BCUT2D eigenvalue weighted by atomic mass is 35.5. The summed E-state index contributed by atoms with van der Waals surface area (Å²) < 4.78 is 26.4. The van der Waals surface area contributed by atoms with E-state index < -0.39 is 10.0 Å².